The van der Waals surface area contributed by atoms with Gasteiger partial charge in [0, 0.05) is 16.8 Å². The van der Waals surface area contributed by atoms with E-state index >= 15 is 0 Å². The lowest BCUT2D eigenvalue weighted by Gasteiger charge is -2.08. The Morgan fingerprint density at radius 1 is 1.33 bits per heavy atom. The van der Waals surface area contributed by atoms with Gasteiger partial charge in [-0.3, -0.25) is 0 Å². The third-order valence-electron chi connectivity index (χ3n) is 2.83. The summed E-state index contributed by atoms with van der Waals surface area (Å²) in [5.74, 6) is 1.56. The average Bonchev–Trinajstić information content (AvgIpc) is 2.35. The van der Waals surface area contributed by atoms with Gasteiger partial charge in [-0.1, -0.05) is 12.2 Å². The number of methoxy groups -OCH3 is 1. The van der Waals surface area contributed by atoms with Crippen LogP contribution in [0.1, 0.15) is 11.3 Å². The molecular formula is C13H13BrN2OS. The van der Waals surface area contributed by atoms with Crippen molar-refractivity contribution in [1.82, 2.24) is 9.97 Å². The van der Waals surface area contributed by atoms with Gasteiger partial charge in [0.15, 0.2) is 0 Å². The first-order valence-electron chi connectivity index (χ1n) is 5.44. The highest BCUT2D eigenvalue weighted by molar-refractivity contribution is 9.10. The first kappa shape index (κ1) is 13.2. The monoisotopic (exact) mass is 324 g/mol. The van der Waals surface area contributed by atoms with E-state index in [0.29, 0.717) is 4.64 Å². The molecule has 1 heterocycles. The molecule has 0 saturated carbocycles. The number of hydrogen-bond acceptors (Lipinski definition) is 3. The van der Waals surface area contributed by atoms with E-state index in [1.54, 1.807) is 7.11 Å². The quantitative estimate of drug-likeness (QED) is 0.841. The van der Waals surface area contributed by atoms with E-state index in [0.717, 1.165) is 32.9 Å². The first-order valence-corrected chi connectivity index (χ1v) is 6.64. The minimum absolute atomic E-state index is 0.633. The van der Waals surface area contributed by atoms with Crippen LogP contribution in [0.15, 0.2) is 22.7 Å². The lowest BCUT2D eigenvalue weighted by molar-refractivity contribution is 0.412. The normalized spacial score (nSPS) is 10.4. The molecule has 0 aliphatic heterocycles. The molecule has 2 aromatic rings. The molecule has 94 valence electrons. The Bertz CT molecular complexity index is 652. The molecule has 0 fully saturated rings. The van der Waals surface area contributed by atoms with Crippen molar-refractivity contribution in [2.75, 3.05) is 7.11 Å². The summed E-state index contributed by atoms with van der Waals surface area (Å²) in [5, 5.41) is 0. The topological polar surface area (TPSA) is 37.9 Å². The molecule has 0 aliphatic rings. The van der Waals surface area contributed by atoms with Gasteiger partial charge in [0.1, 0.15) is 16.2 Å². The van der Waals surface area contributed by atoms with Gasteiger partial charge in [-0.15, -0.1) is 0 Å². The molecular weight excluding hydrogens is 312 g/mol. The van der Waals surface area contributed by atoms with Crippen LogP contribution in [0.3, 0.4) is 0 Å². The Kier molecular flexibility index (Phi) is 3.82. The molecule has 1 N–H and O–H groups in total. The van der Waals surface area contributed by atoms with E-state index < -0.39 is 0 Å². The Hall–Kier alpha value is -1.20. The third-order valence-corrected chi connectivity index (χ3v) is 3.84. The van der Waals surface area contributed by atoms with E-state index in [1.165, 1.54) is 0 Å². The van der Waals surface area contributed by atoms with Crippen molar-refractivity contribution in [3.05, 3.63) is 38.6 Å². The summed E-state index contributed by atoms with van der Waals surface area (Å²) in [6.45, 7) is 3.96. The molecule has 3 nitrogen and oxygen atoms in total. The Morgan fingerprint density at radius 3 is 2.61 bits per heavy atom. The number of H-pyrrole nitrogens is 1. The maximum atomic E-state index is 5.24. The second-order valence-corrected chi connectivity index (χ2v) is 5.23. The second kappa shape index (κ2) is 5.20. The predicted octanol–water partition coefficient (Wildman–Crippen LogP) is 4.19. The van der Waals surface area contributed by atoms with Gasteiger partial charge in [-0.2, -0.15) is 0 Å². The van der Waals surface area contributed by atoms with E-state index in [-0.39, 0.29) is 0 Å². The van der Waals surface area contributed by atoms with Gasteiger partial charge >= 0.3 is 0 Å². The standard InChI is InChI=1S/C13H13BrN2OS/c1-7-8(2)15-12(16-13(7)18)9-4-5-11(17-3)10(14)6-9/h4-6H,1-3H3,(H,15,16,18). The number of nitrogens with zero attached hydrogens (tertiary/aromatic N) is 1. The molecule has 1 aromatic heterocycles. The van der Waals surface area contributed by atoms with Gasteiger partial charge < -0.3 is 9.72 Å². The summed E-state index contributed by atoms with van der Waals surface area (Å²) in [6.07, 6.45) is 0. The van der Waals surface area contributed by atoms with Crippen molar-refractivity contribution in [3.63, 3.8) is 0 Å². The molecule has 0 radical (unpaired) electrons. The highest BCUT2D eigenvalue weighted by Crippen LogP contribution is 2.29. The summed E-state index contributed by atoms with van der Waals surface area (Å²) in [5.41, 5.74) is 3.02. The van der Waals surface area contributed by atoms with Crippen LogP contribution < -0.4 is 4.74 Å². The average molecular weight is 325 g/mol. The molecule has 0 atom stereocenters. The number of aromatic amines is 1. The van der Waals surface area contributed by atoms with Crippen molar-refractivity contribution in [2.45, 2.75) is 13.8 Å². The summed E-state index contributed by atoms with van der Waals surface area (Å²) in [4.78, 5) is 7.66. The van der Waals surface area contributed by atoms with Crippen LogP contribution in [0.25, 0.3) is 11.4 Å². The fraction of sp³-hybridized carbons (Fsp3) is 0.231. The molecule has 0 bridgehead atoms. The number of aryl methyl sites for hydroxylation is 1. The number of hydrogen-bond donors (Lipinski definition) is 1. The summed E-state index contributed by atoms with van der Waals surface area (Å²) < 4.78 is 6.73. The minimum atomic E-state index is 0.633. The highest BCUT2D eigenvalue weighted by atomic mass is 79.9. The van der Waals surface area contributed by atoms with Crippen LogP contribution >= 0.6 is 28.1 Å². The largest absolute Gasteiger partial charge is 0.496 e. The molecule has 0 spiro atoms. The maximum Gasteiger partial charge on any atom is 0.139 e. The number of halogens is 1. The molecule has 1 aromatic carbocycles. The van der Waals surface area contributed by atoms with Crippen LogP contribution in [-0.4, -0.2) is 17.1 Å². The lowest BCUT2D eigenvalue weighted by Crippen LogP contribution is -1.96. The maximum absolute atomic E-state index is 5.24. The van der Waals surface area contributed by atoms with Crippen molar-refractivity contribution >= 4 is 28.1 Å². The van der Waals surface area contributed by atoms with Crippen LogP contribution in [-0.2, 0) is 0 Å². The van der Waals surface area contributed by atoms with Crippen LogP contribution in [0.5, 0.6) is 5.75 Å². The zero-order valence-corrected chi connectivity index (χ0v) is 12.8. The fourth-order valence-electron chi connectivity index (χ4n) is 1.60. The number of ether oxygens (including phenoxy) is 1. The van der Waals surface area contributed by atoms with Crippen molar-refractivity contribution in [1.29, 1.82) is 0 Å². The third kappa shape index (κ3) is 2.47. The SMILES string of the molecule is COc1ccc(-c2nc(=S)c(C)c(C)[nH]2)cc1Br. The van der Waals surface area contributed by atoms with Crippen molar-refractivity contribution < 1.29 is 4.74 Å². The lowest BCUT2D eigenvalue weighted by atomic mass is 10.2. The van der Waals surface area contributed by atoms with Crippen LogP contribution in [0.2, 0.25) is 0 Å². The molecule has 18 heavy (non-hydrogen) atoms. The first-order chi connectivity index (χ1) is 8.52. The summed E-state index contributed by atoms with van der Waals surface area (Å²) in [7, 11) is 1.64. The Morgan fingerprint density at radius 2 is 2.06 bits per heavy atom. The Balaban J connectivity index is 2.56. The number of benzene rings is 1. The van der Waals surface area contributed by atoms with Crippen LogP contribution in [0, 0.1) is 18.5 Å². The molecule has 5 heteroatoms. The highest BCUT2D eigenvalue weighted by Gasteiger charge is 2.07. The minimum Gasteiger partial charge on any atom is -0.496 e. The number of aromatic nitrogens is 2. The predicted molar refractivity (Wildman–Crippen MR) is 78.6 cm³/mol. The molecule has 0 amide bonds. The van der Waals surface area contributed by atoms with Gasteiger partial charge in [-0.25, -0.2) is 4.98 Å². The fourth-order valence-corrected chi connectivity index (χ4v) is 2.38. The van der Waals surface area contributed by atoms with Gasteiger partial charge in [0.25, 0.3) is 0 Å². The van der Waals surface area contributed by atoms with Crippen molar-refractivity contribution in [2.24, 2.45) is 0 Å². The zero-order valence-electron chi connectivity index (χ0n) is 10.4. The smallest absolute Gasteiger partial charge is 0.139 e. The molecule has 0 unspecified atom stereocenters. The zero-order chi connectivity index (χ0) is 13.3. The Labute approximate surface area is 119 Å². The van der Waals surface area contributed by atoms with Crippen molar-refractivity contribution in [3.8, 4) is 17.1 Å². The van der Waals surface area contributed by atoms with Crippen LogP contribution in [0.4, 0.5) is 0 Å². The van der Waals surface area contributed by atoms with Gasteiger partial charge in [0.2, 0.25) is 0 Å². The number of nitrogens with one attached hydrogen (secondary N) is 1. The van der Waals surface area contributed by atoms with Gasteiger partial charge in [0.05, 0.1) is 11.6 Å². The second-order valence-electron chi connectivity index (χ2n) is 3.99. The molecule has 0 aliphatic carbocycles. The van der Waals surface area contributed by atoms with E-state index in [2.05, 4.69) is 25.9 Å². The van der Waals surface area contributed by atoms with E-state index in [4.69, 9.17) is 17.0 Å². The summed E-state index contributed by atoms with van der Waals surface area (Å²) >= 11 is 8.71. The summed E-state index contributed by atoms with van der Waals surface area (Å²) in [6, 6.07) is 5.81. The van der Waals surface area contributed by atoms with Gasteiger partial charge in [-0.05, 0) is 48.0 Å². The van der Waals surface area contributed by atoms with E-state index in [1.807, 2.05) is 32.0 Å². The number of rotatable bonds is 2. The molecule has 2 rings (SSSR count). The van der Waals surface area contributed by atoms with E-state index in [9.17, 15) is 0 Å². The molecule has 0 saturated heterocycles.